The molecule has 22 heavy (non-hydrogen) atoms. The number of hydrogen-bond acceptors (Lipinski definition) is 3. The van der Waals surface area contributed by atoms with Crippen molar-refractivity contribution >= 4 is 33.8 Å². The van der Waals surface area contributed by atoms with E-state index in [0.29, 0.717) is 17.4 Å². The molecule has 0 spiro atoms. The van der Waals surface area contributed by atoms with Gasteiger partial charge in [0, 0.05) is 16.7 Å². The molecule has 1 aromatic rings. The minimum absolute atomic E-state index is 0.119. The van der Waals surface area contributed by atoms with Gasteiger partial charge in [-0.3, -0.25) is 4.79 Å². The molecule has 1 N–H and O–H groups in total. The van der Waals surface area contributed by atoms with Gasteiger partial charge in [0.25, 0.3) is 0 Å². The molecule has 0 aromatic carbocycles. The number of halogens is 1. The Hall–Kier alpha value is -1.05. The molecule has 0 radical (unpaired) electrons. The molecule has 0 unspecified atom stereocenters. The Bertz CT molecular complexity index is 619. The van der Waals surface area contributed by atoms with Crippen molar-refractivity contribution in [2.45, 2.75) is 45.4 Å². The van der Waals surface area contributed by atoms with Gasteiger partial charge in [0.05, 0.1) is 5.56 Å². The van der Waals surface area contributed by atoms with E-state index in [4.69, 9.17) is 11.6 Å². The number of aryl methyl sites for hydroxylation is 1. The summed E-state index contributed by atoms with van der Waals surface area (Å²) < 4.78 is 0. The molecule has 3 nitrogen and oxygen atoms in total. The van der Waals surface area contributed by atoms with Crippen LogP contribution in [0.3, 0.4) is 0 Å². The average Bonchev–Trinajstić information content (AvgIpc) is 3.20. The van der Waals surface area contributed by atoms with Crippen LogP contribution in [0.15, 0.2) is 0 Å². The summed E-state index contributed by atoms with van der Waals surface area (Å²) in [6, 6.07) is 2.25. The number of nitrogens with one attached hydrogen (secondary N) is 1. The molecule has 2 saturated carbocycles. The number of anilines is 1. The van der Waals surface area contributed by atoms with Crippen LogP contribution < -0.4 is 5.32 Å². The van der Waals surface area contributed by atoms with Crippen molar-refractivity contribution in [1.29, 1.82) is 5.26 Å². The second-order valence-electron chi connectivity index (χ2n) is 6.53. The van der Waals surface area contributed by atoms with Gasteiger partial charge >= 0.3 is 0 Å². The first kappa shape index (κ1) is 15.8. The summed E-state index contributed by atoms with van der Waals surface area (Å²) in [5.41, 5.74) is 1.63. The van der Waals surface area contributed by atoms with E-state index in [-0.39, 0.29) is 11.8 Å². The molecular weight excluding hydrogens is 316 g/mol. The van der Waals surface area contributed by atoms with Gasteiger partial charge in [-0.1, -0.05) is 6.42 Å². The Morgan fingerprint density at radius 3 is 2.86 bits per heavy atom. The number of carbonyl (C=O) groups is 1. The van der Waals surface area contributed by atoms with E-state index in [2.05, 4.69) is 11.4 Å². The fourth-order valence-corrected chi connectivity index (χ4v) is 5.35. The molecular formula is C17H21ClN2OS. The van der Waals surface area contributed by atoms with Crippen LogP contribution in [0, 0.1) is 36.0 Å². The van der Waals surface area contributed by atoms with Crippen molar-refractivity contribution < 1.29 is 4.79 Å². The zero-order valence-electron chi connectivity index (χ0n) is 12.8. The van der Waals surface area contributed by atoms with Crippen LogP contribution in [-0.4, -0.2) is 11.8 Å². The summed E-state index contributed by atoms with van der Waals surface area (Å²) >= 11 is 7.31. The first-order valence-corrected chi connectivity index (χ1v) is 9.38. The Labute approximate surface area is 140 Å². The normalized spacial score (nSPS) is 26.1. The topological polar surface area (TPSA) is 52.9 Å². The van der Waals surface area contributed by atoms with E-state index in [1.165, 1.54) is 24.1 Å². The standard InChI is InChI=1S/C17H21ClN2OS/c1-10-14(9-19)17(22-15(10)3-2-6-18)20-16(21)13-8-11-4-5-12(13)7-11/h11-13H,2-8H2,1H3,(H,20,21)/t11-,12+,13-/m1/s1. The summed E-state index contributed by atoms with van der Waals surface area (Å²) in [6.07, 6.45) is 6.50. The number of amides is 1. The minimum atomic E-state index is 0.119. The van der Waals surface area contributed by atoms with E-state index in [0.717, 1.165) is 35.7 Å². The molecule has 3 atom stereocenters. The van der Waals surface area contributed by atoms with E-state index in [1.54, 1.807) is 11.3 Å². The van der Waals surface area contributed by atoms with Crippen molar-refractivity contribution in [1.82, 2.24) is 0 Å². The number of rotatable bonds is 5. The van der Waals surface area contributed by atoms with Crippen molar-refractivity contribution in [2.75, 3.05) is 11.2 Å². The van der Waals surface area contributed by atoms with Crippen LogP contribution in [-0.2, 0) is 11.2 Å². The summed E-state index contributed by atoms with van der Waals surface area (Å²) in [4.78, 5) is 13.7. The number of fused-ring (bicyclic) bond motifs is 2. The maximum absolute atomic E-state index is 12.6. The molecule has 3 rings (SSSR count). The molecule has 2 fully saturated rings. The number of nitriles is 1. The summed E-state index contributed by atoms with van der Waals surface area (Å²) in [6.45, 7) is 1.96. The fourth-order valence-electron chi connectivity index (χ4n) is 4.02. The molecule has 2 bridgehead atoms. The molecule has 2 aliphatic rings. The van der Waals surface area contributed by atoms with Crippen LogP contribution in [0.2, 0.25) is 0 Å². The van der Waals surface area contributed by atoms with Gasteiger partial charge in [-0.15, -0.1) is 22.9 Å². The van der Waals surface area contributed by atoms with Crippen molar-refractivity contribution in [2.24, 2.45) is 17.8 Å². The lowest BCUT2D eigenvalue weighted by Gasteiger charge is -2.20. The van der Waals surface area contributed by atoms with Crippen molar-refractivity contribution in [3.63, 3.8) is 0 Å². The third-order valence-electron chi connectivity index (χ3n) is 5.21. The number of carbonyl (C=O) groups excluding carboxylic acids is 1. The van der Waals surface area contributed by atoms with Gasteiger partial charge in [0.2, 0.25) is 5.91 Å². The van der Waals surface area contributed by atoms with Crippen molar-refractivity contribution in [3.8, 4) is 6.07 Å². The third-order valence-corrected chi connectivity index (χ3v) is 6.74. The van der Waals surface area contributed by atoms with Crippen LogP contribution >= 0.6 is 22.9 Å². The third kappa shape index (κ3) is 2.89. The van der Waals surface area contributed by atoms with E-state index in [9.17, 15) is 10.1 Å². The molecule has 1 aromatic heterocycles. The smallest absolute Gasteiger partial charge is 0.228 e. The first-order chi connectivity index (χ1) is 10.6. The Balaban J connectivity index is 1.74. The highest BCUT2D eigenvalue weighted by Crippen LogP contribution is 2.48. The zero-order valence-corrected chi connectivity index (χ0v) is 14.4. The maximum Gasteiger partial charge on any atom is 0.228 e. The van der Waals surface area contributed by atoms with Crippen LogP contribution in [0.1, 0.15) is 48.1 Å². The highest BCUT2D eigenvalue weighted by atomic mass is 35.5. The second kappa shape index (κ2) is 6.60. The van der Waals surface area contributed by atoms with Gasteiger partial charge in [-0.05, 0) is 56.4 Å². The average molecular weight is 337 g/mol. The Morgan fingerprint density at radius 1 is 1.45 bits per heavy atom. The predicted octanol–water partition coefficient (Wildman–Crippen LogP) is 4.47. The number of nitrogens with zero attached hydrogens (tertiary/aromatic N) is 1. The van der Waals surface area contributed by atoms with Gasteiger partial charge in [-0.25, -0.2) is 0 Å². The zero-order chi connectivity index (χ0) is 15.7. The van der Waals surface area contributed by atoms with Crippen molar-refractivity contribution in [3.05, 3.63) is 16.0 Å². The minimum Gasteiger partial charge on any atom is -0.316 e. The number of alkyl halides is 1. The molecule has 5 heteroatoms. The molecule has 2 aliphatic carbocycles. The monoisotopic (exact) mass is 336 g/mol. The lowest BCUT2D eigenvalue weighted by atomic mass is 9.88. The number of hydrogen-bond donors (Lipinski definition) is 1. The van der Waals surface area contributed by atoms with Crippen LogP contribution in [0.25, 0.3) is 0 Å². The molecule has 0 saturated heterocycles. The van der Waals surface area contributed by atoms with Gasteiger partial charge in [0.1, 0.15) is 11.1 Å². The van der Waals surface area contributed by atoms with E-state index >= 15 is 0 Å². The Morgan fingerprint density at radius 2 is 2.27 bits per heavy atom. The quantitative estimate of drug-likeness (QED) is 0.806. The second-order valence-corrected chi connectivity index (χ2v) is 8.01. The SMILES string of the molecule is Cc1c(CCCCl)sc(NC(=O)[C@@H]2C[C@@H]3CC[C@H]2C3)c1C#N. The van der Waals surface area contributed by atoms with E-state index in [1.807, 2.05) is 6.92 Å². The highest BCUT2D eigenvalue weighted by Gasteiger charge is 2.43. The van der Waals surface area contributed by atoms with Gasteiger partial charge in [-0.2, -0.15) is 5.26 Å². The van der Waals surface area contributed by atoms with Crippen LogP contribution in [0.5, 0.6) is 0 Å². The van der Waals surface area contributed by atoms with Gasteiger partial charge in [0.15, 0.2) is 0 Å². The van der Waals surface area contributed by atoms with Crippen LogP contribution in [0.4, 0.5) is 5.00 Å². The highest BCUT2D eigenvalue weighted by molar-refractivity contribution is 7.16. The van der Waals surface area contributed by atoms with E-state index < -0.39 is 0 Å². The molecule has 1 heterocycles. The molecule has 1 amide bonds. The van der Waals surface area contributed by atoms with Gasteiger partial charge < -0.3 is 5.32 Å². The lowest BCUT2D eigenvalue weighted by molar-refractivity contribution is -0.121. The molecule has 0 aliphatic heterocycles. The Kier molecular flexibility index (Phi) is 4.75. The predicted molar refractivity (Wildman–Crippen MR) is 90.4 cm³/mol. The summed E-state index contributed by atoms with van der Waals surface area (Å²) in [7, 11) is 0. The number of thiophene rings is 1. The molecule has 118 valence electrons. The summed E-state index contributed by atoms with van der Waals surface area (Å²) in [5, 5.41) is 13.2. The fraction of sp³-hybridized carbons (Fsp3) is 0.647. The maximum atomic E-state index is 12.6. The largest absolute Gasteiger partial charge is 0.316 e. The first-order valence-electron chi connectivity index (χ1n) is 8.03. The lowest BCUT2D eigenvalue weighted by Crippen LogP contribution is -2.27. The summed E-state index contributed by atoms with van der Waals surface area (Å²) in [5.74, 6) is 2.20.